The number of para-hydroxylation sites is 1. The van der Waals surface area contributed by atoms with E-state index in [1.165, 1.54) is 23.7 Å². The lowest BCUT2D eigenvalue weighted by atomic mass is 10.1. The Kier molecular flexibility index (Phi) is 7.49. The topological polar surface area (TPSA) is 157 Å². The molecular weight excluding hydrogens is 543 g/mol. The number of halogens is 1. The van der Waals surface area contributed by atoms with Gasteiger partial charge in [-0.1, -0.05) is 12.1 Å². The number of aromatic nitrogens is 6. The zero-order chi connectivity index (χ0) is 28.4. The van der Waals surface area contributed by atoms with E-state index in [0.717, 1.165) is 18.1 Å². The van der Waals surface area contributed by atoms with E-state index >= 15 is 0 Å². The Balaban J connectivity index is 1.57. The maximum absolute atomic E-state index is 13.7. The molecule has 2 atom stereocenters. The average molecular weight is 571 g/mol. The Morgan fingerprint density at radius 2 is 1.70 bits per heavy atom. The molecule has 0 spiro atoms. The first-order valence-electron chi connectivity index (χ1n) is 12.2. The maximum Gasteiger partial charge on any atom is 0.243 e. The minimum Gasteiger partial charge on any atom is -0.494 e. The third kappa shape index (κ3) is 5.37. The molecule has 0 aliphatic carbocycles. The van der Waals surface area contributed by atoms with Gasteiger partial charge in [-0.15, -0.1) is 10.2 Å². The van der Waals surface area contributed by atoms with Gasteiger partial charge in [-0.05, 0) is 37.6 Å². The quantitative estimate of drug-likeness (QED) is 0.319. The van der Waals surface area contributed by atoms with Crippen molar-refractivity contribution in [3.63, 3.8) is 0 Å². The fourth-order valence-corrected chi connectivity index (χ4v) is 5.95. The van der Waals surface area contributed by atoms with Crippen LogP contribution in [0.2, 0.25) is 0 Å². The standard InChI is InChI=1S/C25H27FN8O5S/c1-15-6-4-7-19(29-15)23-30-31-25(34(23)22-20(38-2)8-5-9-21(22)39-3)32-40(36,37)18-10-17(35)13-33(14-18)24-27-11-16(26)12-28-24/h4-9,11-12,17-18,35H,10,13-14H2,1-3H3,(H,31,32)/t17-,18+/m1/s1. The molecule has 1 saturated heterocycles. The number of aryl methyl sites for hydroxylation is 1. The molecule has 2 N–H and O–H groups in total. The molecule has 0 bridgehead atoms. The Hall–Kier alpha value is -4.37. The van der Waals surface area contributed by atoms with E-state index < -0.39 is 27.2 Å². The summed E-state index contributed by atoms with van der Waals surface area (Å²) in [4.78, 5) is 13.9. The number of aliphatic hydroxyl groups is 1. The second-order valence-corrected chi connectivity index (χ2v) is 11.1. The number of hydrogen-bond donors (Lipinski definition) is 2. The average Bonchev–Trinajstić information content (AvgIpc) is 3.34. The van der Waals surface area contributed by atoms with Crippen LogP contribution in [0.1, 0.15) is 12.1 Å². The van der Waals surface area contributed by atoms with E-state index in [2.05, 4.69) is 29.9 Å². The van der Waals surface area contributed by atoms with E-state index in [0.29, 0.717) is 22.9 Å². The summed E-state index contributed by atoms with van der Waals surface area (Å²) in [6.07, 6.45) is 0.915. The maximum atomic E-state index is 13.7. The summed E-state index contributed by atoms with van der Waals surface area (Å²) in [5, 5.41) is 17.8. The second kappa shape index (κ2) is 11.0. The van der Waals surface area contributed by atoms with Gasteiger partial charge in [0.1, 0.15) is 28.1 Å². The first-order chi connectivity index (χ1) is 19.2. The molecule has 1 aromatic carbocycles. The highest BCUT2D eigenvalue weighted by molar-refractivity contribution is 7.93. The summed E-state index contributed by atoms with van der Waals surface area (Å²) in [5.41, 5.74) is 1.53. The fourth-order valence-electron chi connectivity index (χ4n) is 4.54. The normalized spacial score (nSPS) is 17.5. The molecule has 210 valence electrons. The van der Waals surface area contributed by atoms with Crippen molar-refractivity contribution in [1.82, 2.24) is 29.7 Å². The highest BCUT2D eigenvalue weighted by Crippen LogP contribution is 2.37. The van der Waals surface area contributed by atoms with Crippen LogP contribution >= 0.6 is 0 Å². The predicted octanol–water partition coefficient (Wildman–Crippen LogP) is 1.97. The summed E-state index contributed by atoms with van der Waals surface area (Å²) >= 11 is 0. The summed E-state index contributed by atoms with van der Waals surface area (Å²) in [5.74, 6) is 0.342. The molecule has 1 aliphatic heterocycles. The van der Waals surface area contributed by atoms with E-state index in [9.17, 15) is 17.9 Å². The molecule has 3 aromatic heterocycles. The highest BCUT2D eigenvalue weighted by Gasteiger charge is 2.37. The van der Waals surface area contributed by atoms with Crippen molar-refractivity contribution in [2.45, 2.75) is 24.7 Å². The Morgan fingerprint density at radius 1 is 1.02 bits per heavy atom. The van der Waals surface area contributed by atoms with Crippen molar-refractivity contribution in [3.8, 4) is 28.7 Å². The van der Waals surface area contributed by atoms with E-state index in [4.69, 9.17) is 9.47 Å². The molecular formula is C25H27FN8O5S. The van der Waals surface area contributed by atoms with E-state index in [-0.39, 0.29) is 37.2 Å². The smallest absolute Gasteiger partial charge is 0.243 e. The van der Waals surface area contributed by atoms with Gasteiger partial charge in [0.15, 0.2) is 11.6 Å². The number of benzene rings is 1. The minimum absolute atomic E-state index is 0.0452. The number of nitrogens with one attached hydrogen (secondary N) is 1. The van der Waals surface area contributed by atoms with Gasteiger partial charge in [-0.3, -0.25) is 9.29 Å². The summed E-state index contributed by atoms with van der Waals surface area (Å²) in [6.45, 7) is 1.87. The second-order valence-electron chi connectivity index (χ2n) is 9.12. The van der Waals surface area contributed by atoms with Crippen LogP contribution < -0.4 is 19.1 Å². The first-order valence-corrected chi connectivity index (χ1v) is 13.8. The van der Waals surface area contributed by atoms with Crippen LogP contribution in [0.25, 0.3) is 17.2 Å². The van der Waals surface area contributed by atoms with E-state index in [1.54, 1.807) is 30.3 Å². The fraction of sp³-hybridized carbons (Fsp3) is 0.320. The lowest BCUT2D eigenvalue weighted by Gasteiger charge is -2.35. The van der Waals surface area contributed by atoms with Crippen LogP contribution in [-0.4, -0.2) is 81.9 Å². The number of pyridine rings is 1. The molecule has 4 aromatic rings. The largest absolute Gasteiger partial charge is 0.494 e. The molecule has 0 unspecified atom stereocenters. The van der Waals surface area contributed by atoms with Crippen molar-refractivity contribution < 1.29 is 27.4 Å². The van der Waals surface area contributed by atoms with Crippen molar-refractivity contribution in [2.24, 2.45) is 0 Å². The van der Waals surface area contributed by atoms with Gasteiger partial charge in [0.2, 0.25) is 21.9 Å². The minimum atomic E-state index is -4.17. The number of aliphatic hydroxyl groups excluding tert-OH is 1. The van der Waals surface area contributed by atoms with Gasteiger partial charge in [-0.2, -0.15) is 0 Å². The van der Waals surface area contributed by atoms with Crippen molar-refractivity contribution in [2.75, 3.05) is 36.9 Å². The molecule has 0 saturated carbocycles. The van der Waals surface area contributed by atoms with Gasteiger partial charge in [-0.25, -0.2) is 27.8 Å². The summed E-state index contributed by atoms with van der Waals surface area (Å²) < 4.78 is 55.9. The third-order valence-corrected chi connectivity index (χ3v) is 8.04. The number of rotatable bonds is 8. The molecule has 40 heavy (non-hydrogen) atoms. The van der Waals surface area contributed by atoms with Crippen molar-refractivity contribution in [3.05, 3.63) is 60.3 Å². The Bertz CT molecular complexity index is 1590. The lowest BCUT2D eigenvalue weighted by Crippen LogP contribution is -2.50. The first kappa shape index (κ1) is 27.2. The molecule has 0 radical (unpaired) electrons. The molecule has 0 amide bonds. The lowest BCUT2D eigenvalue weighted by molar-refractivity contribution is 0.154. The third-order valence-electron chi connectivity index (χ3n) is 6.36. The van der Waals surface area contributed by atoms with Crippen LogP contribution in [0.5, 0.6) is 11.5 Å². The number of piperidine rings is 1. The monoisotopic (exact) mass is 570 g/mol. The zero-order valence-corrected chi connectivity index (χ0v) is 22.7. The number of anilines is 2. The molecule has 1 aliphatic rings. The van der Waals surface area contributed by atoms with Crippen LogP contribution in [0.3, 0.4) is 0 Å². The Morgan fingerprint density at radius 3 is 2.35 bits per heavy atom. The number of methoxy groups -OCH3 is 2. The summed E-state index contributed by atoms with van der Waals surface area (Å²) in [6, 6.07) is 10.5. The predicted molar refractivity (Wildman–Crippen MR) is 144 cm³/mol. The van der Waals surface area contributed by atoms with Crippen molar-refractivity contribution in [1.29, 1.82) is 0 Å². The van der Waals surface area contributed by atoms with Crippen LogP contribution in [-0.2, 0) is 10.0 Å². The number of sulfonamides is 1. The molecule has 4 heterocycles. The van der Waals surface area contributed by atoms with Gasteiger partial charge in [0.25, 0.3) is 0 Å². The summed E-state index contributed by atoms with van der Waals surface area (Å²) in [7, 11) is -1.21. The van der Waals surface area contributed by atoms with Crippen LogP contribution in [0.4, 0.5) is 16.3 Å². The molecule has 5 rings (SSSR count). The molecule has 13 nitrogen and oxygen atoms in total. The van der Waals surface area contributed by atoms with Crippen LogP contribution in [0.15, 0.2) is 48.8 Å². The zero-order valence-electron chi connectivity index (χ0n) is 21.9. The van der Waals surface area contributed by atoms with Crippen LogP contribution in [0, 0.1) is 12.7 Å². The number of β-amino-alcohol motifs (C(OH)–C–C–N with tert-alkyl or cyclic N) is 1. The number of hydrogen-bond acceptors (Lipinski definition) is 11. The van der Waals surface area contributed by atoms with E-state index in [1.807, 2.05) is 13.0 Å². The van der Waals surface area contributed by atoms with Gasteiger partial charge >= 0.3 is 0 Å². The van der Waals surface area contributed by atoms with Crippen molar-refractivity contribution >= 4 is 21.9 Å². The SMILES string of the molecule is COc1cccc(OC)c1-n1c(NS(=O)(=O)[C@H]2C[C@@H](O)CN(c3ncc(F)cn3)C2)nnc1-c1cccc(C)n1. The Labute approximate surface area is 229 Å². The van der Waals surface area contributed by atoms with Gasteiger partial charge in [0.05, 0.1) is 32.7 Å². The molecule has 1 fully saturated rings. The number of ether oxygens (including phenoxy) is 2. The number of nitrogens with zero attached hydrogens (tertiary/aromatic N) is 7. The van der Waals surface area contributed by atoms with Gasteiger partial charge < -0.3 is 19.5 Å². The van der Waals surface area contributed by atoms with Gasteiger partial charge in [0, 0.05) is 18.8 Å². The highest BCUT2D eigenvalue weighted by atomic mass is 32.2. The molecule has 15 heteroatoms.